The van der Waals surface area contributed by atoms with E-state index in [4.69, 9.17) is 28.1 Å². The van der Waals surface area contributed by atoms with Crippen molar-refractivity contribution in [2.24, 2.45) is 0 Å². The number of benzene rings is 4. The molecule has 0 aliphatic carbocycles. The van der Waals surface area contributed by atoms with E-state index < -0.39 is 5.97 Å². The van der Waals surface area contributed by atoms with Gasteiger partial charge in [-0.3, -0.25) is 0 Å². The first-order chi connectivity index (χ1) is 22.0. The fourth-order valence-corrected chi connectivity index (χ4v) is 4.50. The molecule has 1 aromatic heterocycles. The highest BCUT2D eigenvalue weighted by atomic mass is 16.6. The molecular formula is C37H35NO7. The molecule has 8 heteroatoms. The van der Waals surface area contributed by atoms with E-state index in [-0.39, 0.29) is 19.0 Å². The molecule has 0 atom stereocenters. The molecule has 0 amide bonds. The van der Waals surface area contributed by atoms with Crippen molar-refractivity contribution in [2.45, 2.75) is 26.6 Å². The predicted octanol–water partition coefficient (Wildman–Crippen LogP) is 7.59. The molecular weight excluding hydrogens is 570 g/mol. The van der Waals surface area contributed by atoms with Crippen LogP contribution < -0.4 is 14.2 Å². The summed E-state index contributed by atoms with van der Waals surface area (Å²) in [5.74, 6) is 2.68. The van der Waals surface area contributed by atoms with E-state index in [1.165, 1.54) is 7.11 Å². The minimum Gasteiger partial charge on any atom is -0.497 e. The Labute approximate surface area is 262 Å². The first-order valence-corrected chi connectivity index (χ1v) is 14.5. The smallest absolute Gasteiger partial charge is 0.373 e. The third-order valence-corrected chi connectivity index (χ3v) is 6.98. The molecule has 8 nitrogen and oxygen atoms in total. The third kappa shape index (κ3) is 8.54. The zero-order valence-corrected chi connectivity index (χ0v) is 25.5. The van der Waals surface area contributed by atoms with Crippen LogP contribution in [0.3, 0.4) is 0 Å². The molecule has 0 bridgehead atoms. The first-order valence-electron chi connectivity index (χ1n) is 14.5. The lowest BCUT2D eigenvalue weighted by Crippen LogP contribution is -2.09. The Kier molecular flexibility index (Phi) is 10.5. The van der Waals surface area contributed by atoms with Crippen LogP contribution >= 0.6 is 0 Å². The van der Waals surface area contributed by atoms with Crippen LogP contribution in [0.15, 0.2) is 113 Å². The van der Waals surface area contributed by atoms with Crippen LogP contribution in [0, 0.1) is 6.92 Å². The molecule has 0 fully saturated rings. The van der Waals surface area contributed by atoms with Gasteiger partial charge in [0, 0.05) is 23.6 Å². The lowest BCUT2D eigenvalue weighted by Gasteiger charge is -2.14. The average molecular weight is 606 g/mol. The number of carbonyl (C=O) groups is 1. The number of carbonyl (C=O) groups excluding carboxylic acids is 1. The summed E-state index contributed by atoms with van der Waals surface area (Å²) in [6.07, 6.45) is 2.16. The maximum atomic E-state index is 12.9. The van der Waals surface area contributed by atoms with Crippen molar-refractivity contribution in [1.29, 1.82) is 0 Å². The number of nitrogens with zero attached hydrogens (tertiary/aromatic N) is 1. The molecule has 45 heavy (non-hydrogen) atoms. The van der Waals surface area contributed by atoms with Gasteiger partial charge in [0.2, 0.25) is 11.6 Å². The molecule has 0 unspecified atom stereocenters. The van der Waals surface area contributed by atoms with Gasteiger partial charge < -0.3 is 28.1 Å². The SMILES string of the molecule is COC(=Cc1ccc(OCCc2nc(-c3ccccc3)oc2C)cc1OCc1ccc(OC)cc1)C(=O)OCc1ccccc1. The number of aryl methyl sites for hydroxylation is 1. The van der Waals surface area contributed by atoms with Gasteiger partial charge in [-0.1, -0.05) is 60.7 Å². The zero-order chi connectivity index (χ0) is 31.4. The van der Waals surface area contributed by atoms with E-state index in [9.17, 15) is 4.79 Å². The highest BCUT2D eigenvalue weighted by Gasteiger charge is 2.16. The Hall–Kier alpha value is -5.50. The van der Waals surface area contributed by atoms with E-state index in [0.29, 0.717) is 36.0 Å². The maximum absolute atomic E-state index is 12.9. The Balaban J connectivity index is 1.30. The fourth-order valence-electron chi connectivity index (χ4n) is 4.50. The molecule has 0 N–H and O–H groups in total. The summed E-state index contributed by atoms with van der Waals surface area (Å²) >= 11 is 0. The number of hydrogen-bond acceptors (Lipinski definition) is 8. The average Bonchev–Trinajstić information content (AvgIpc) is 3.46. The van der Waals surface area contributed by atoms with Gasteiger partial charge >= 0.3 is 5.97 Å². The first kappa shape index (κ1) is 30.9. The maximum Gasteiger partial charge on any atom is 0.373 e. The lowest BCUT2D eigenvalue weighted by atomic mass is 10.1. The summed E-state index contributed by atoms with van der Waals surface area (Å²) in [7, 11) is 3.06. The van der Waals surface area contributed by atoms with Gasteiger partial charge in [-0.05, 0) is 60.5 Å². The summed E-state index contributed by atoms with van der Waals surface area (Å²) in [4.78, 5) is 17.5. The van der Waals surface area contributed by atoms with Crippen LogP contribution in [0.25, 0.3) is 17.5 Å². The van der Waals surface area contributed by atoms with Gasteiger partial charge in [-0.2, -0.15) is 0 Å². The van der Waals surface area contributed by atoms with Gasteiger partial charge in [0.15, 0.2) is 0 Å². The number of hydrogen-bond donors (Lipinski definition) is 0. The molecule has 4 aromatic carbocycles. The standard InChI is InChI=1S/C37H35NO7/c1-26-33(38-36(45-26)29-12-8-5-9-13-29)20-21-42-32-19-16-30(34(23-32)43-24-28-14-17-31(40-2)18-15-28)22-35(41-3)37(39)44-25-27-10-6-4-7-11-27/h4-19,22-23H,20-21,24-25H2,1-3H3. The zero-order valence-electron chi connectivity index (χ0n) is 25.5. The van der Waals surface area contributed by atoms with Crippen molar-refractivity contribution < 1.29 is 32.9 Å². The second-order valence-electron chi connectivity index (χ2n) is 10.1. The molecule has 0 radical (unpaired) electrons. The Morgan fingerprint density at radius 3 is 2.20 bits per heavy atom. The summed E-state index contributed by atoms with van der Waals surface area (Å²) in [6.45, 7) is 2.70. The fraction of sp³-hybridized carbons (Fsp3) is 0.189. The Bertz CT molecular complexity index is 1710. The predicted molar refractivity (Wildman–Crippen MR) is 171 cm³/mol. The molecule has 230 valence electrons. The summed E-state index contributed by atoms with van der Waals surface area (Å²) in [6, 6.07) is 32.3. The third-order valence-electron chi connectivity index (χ3n) is 6.98. The van der Waals surface area contributed by atoms with E-state index in [1.54, 1.807) is 19.3 Å². The van der Waals surface area contributed by atoms with Gasteiger partial charge in [0.1, 0.15) is 36.2 Å². The lowest BCUT2D eigenvalue weighted by molar-refractivity contribution is -0.143. The highest BCUT2D eigenvalue weighted by molar-refractivity contribution is 5.92. The normalized spacial score (nSPS) is 11.1. The molecule has 0 aliphatic rings. The van der Waals surface area contributed by atoms with E-state index in [2.05, 4.69) is 4.98 Å². The highest BCUT2D eigenvalue weighted by Crippen LogP contribution is 2.29. The van der Waals surface area contributed by atoms with Crippen LogP contribution in [0.5, 0.6) is 17.2 Å². The van der Waals surface area contributed by atoms with Crippen LogP contribution in [0.1, 0.15) is 28.1 Å². The van der Waals surface area contributed by atoms with Crippen LogP contribution in [-0.2, 0) is 33.9 Å². The monoisotopic (exact) mass is 605 g/mol. The molecule has 0 aliphatic heterocycles. The van der Waals surface area contributed by atoms with Crippen molar-refractivity contribution in [3.8, 4) is 28.7 Å². The van der Waals surface area contributed by atoms with Crippen molar-refractivity contribution in [3.63, 3.8) is 0 Å². The number of ether oxygens (including phenoxy) is 5. The minimum absolute atomic E-state index is 0.0459. The van der Waals surface area contributed by atoms with Crippen molar-refractivity contribution in [1.82, 2.24) is 4.98 Å². The number of aromatic nitrogens is 1. The minimum atomic E-state index is -0.583. The topological polar surface area (TPSA) is 89.3 Å². The number of oxazole rings is 1. The molecule has 5 aromatic rings. The quantitative estimate of drug-likeness (QED) is 0.0727. The largest absolute Gasteiger partial charge is 0.497 e. The molecule has 0 saturated heterocycles. The molecule has 1 heterocycles. The number of rotatable bonds is 14. The van der Waals surface area contributed by atoms with Gasteiger partial charge in [-0.25, -0.2) is 9.78 Å². The summed E-state index contributed by atoms with van der Waals surface area (Å²) in [5, 5.41) is 0. The Morgan fingerprint density at radius 1 is 0.800 bits per heavy atom. The number of esters is 1. The number of methoxy groups -OCH3 is 2. The van der Waals surface area contributed by atoms with E-state index >= 15 is 0 Å². The summed E-state index contributed by atoms with van der Waals surface area (Å²) in [5.41, 5.74) is 4.22. The van der Waals surface area contributed by atoms with Crippen molar-refractivity contribution in [3.05, 3.63) is 137 Å². The molecule has 5 rings (SSSR count). The van der Waals surface area contributed by atoms with Crippen molar-refractivity contribution >= 4 is 12.0 Å². The second kappa shape index (κ2) is 15.3. The van der Waals surface area contributed by atoms with Gasteiger partial charge in [-0.15, -0.1) is 0 Å². The van der Waals surface area contributed by atoms with Gasteiger partial charge in [0.05, 0.1) is 26.5 Å². The molecule has 0 saturated carbocycles. The van der Waals surface area contributed by atoms with Crippen molar-refractivity contribution in [2.75, 3.05) is 20.8 Å². The molecule has 0 spiro atoms. The van der Waals surface area contributed by atoms with Crippen LogP contribution in [0.4, 0.5) is 0 Å². The van der Waals surface area contributed by atoms with E-state index in [0.717, 1.165) is 33.9 Å². The van der Waals surface area contributed by atoms with E-state index in [1.807, 2.05) is 104 Å². The van der Waals surface area contributed by atoms with Crippen LogP contribution in [0.2, 0.25) is 0 Å². The van der Waals surface area contributed by atoms with Crippen LogP contribution in [-0.4, -0.2) is 31.8 Å². The Morgan fingerprint density at radius 2 is 1.49 bits per heavy atom. The second-order valence-corrected chi connectivity index (χ2v) is 10.1. The van der Waals surface area contributed by atoms with Gasteiger partial charge in [0.25, 0.3) is 0 Å². The summed E-state index contributed by atoms with van der Waals surface area (Å²) < 4.78 is 34.4.